The second-order valence-corrected chi connectivity index (χ2v) is 6.67. The number of likely N-dealkylation sites (tertiary alicyclic amines) is 1. The third-order valence-electron chi connectivity index (χ3n) is 3.51. The first-order chi connectivity index (χ1) is 9.10. The normalized spacial score (nSPS) is 20.9. The lowest BCUT2D eigenvalue weighted by molar-refractivity contribution is -0.142. The van der Waals surface area contributed by atoms with Crippen LogP contribution in [0.25, 0.3) is 0 Å². The molecule has 0 saturated carbocycles. The van der Waals surface area contributed by atoms with E-state index in [-0.39, 0.29) is 23.7 Å². The molecule has 0 aromatic rings. The average Bonchev–Trinajstić information content (AvgIpc) is 2.63. The van der Waals surface area contributed by atoms with Crippen molar-refractivity contribution in [2.45, 2.75) is 46.1 Å². The number of carboxylic acids is 1. The van der Waals surface area contributed by atoms with Crippen LogP contribution in [0.1, 0.15) is 40.0 Å². The third kappa shape index (κ3) is 4.83. The molecule has 20 heavy (non-hydrogen) atoms. The summed E-state index contributed by atoms with van der Waals surface area (Å²) < 4.78 is 0. The van der Waals surface area contributed by atoms with E-state index in [9.17, 15) is 19.5 Å². The Morgan fingerprint density at radius 2 is 2.05 bits per heavy atom. The average molecular weight is 284 g/mol. The van der Waals surface area contributed by atoms with Crippen LogP contribution in [-0.4, -0.2) is 47.4 Å². The molecule has 6 nitrogen and oxygen atoms in total. The van der Waals surface area contributed by atoms with Crippen LogP contribution in [0.4, 0.5) is 0 Å². The predicted molar refractivity (Wildman–Crippen MR) is 74.0 cm³/mol. The van der Waals surface area contributed by atoms with Gasteiger partial charge in [-0.1, -0.05) is 20.8 Å². The molecule has 2 N–H and O–H groups in total. The maximum Gasteiger partial charge on any atom is 0.326 e. The first kappa shape index (κ1) is 16.5. The van der Waals surface area contributed by atoms with Crippen molar-refractivity contribution in [2.75, 3.05) is 13.6 Å². The van der Waals surface area contributed by atoms with Crippen molar-refractivity contribution in [3.8, 4) is 0 Å². The molecule has 6 heteroatoms. The first-order valence-corrected chi connectivity index (χ1v) is 6.87. The molecule has 0 bridgehead atoms. The minimum atomic E-state index is -1.03. The molecule has 2 atom stereocenters. The SMILES string of the molecule is CN1CC(C(=O)NC(CCC(C)(C)C)C(=O)O)CC1=O. The Bertz CT molecular complexity index is 400. The van der Waals surface area contributed by atoms with Gasteiger partial charge in [-0.05, 0) is 18.3 Å². The molecule has 114 valence electrons. The van der Waals surface area contributed by atoms with Gasteiger partial charge in [0.25, 0.3) is 0 Å². The van der Waals surface area contributed by atoms with E-state index in [2.05, 4.69) is 5.32 Å². The number of carboxylic acid groups (broad SMARTS) is 1. The molecule has 2 unspecified atom stereocenters. The van der Waals surface area contributed by atoms with E-state index >= 15 is 0 Å². The van der Waals surface area contributed by atoms with Crippen LogP contribution >= 0.6 is 0 Å². The van der Waals surface area contributed by atoms with Crippen molar-refractivity contribution >= 4 is 17.8 Å². The Hall–Kier alpha value is -1.59. The second kappa shape index (κ2) is 6.24. The molecule has 1 rings (SSSR count). The molecule has 1 aliphatic heterocycles. The van der Waals surface area contributed by atoms with Gasteiger partial charge in [0, 0.05) is 20.0 Å². The van der Waals surface area contributed by atoms with Gasteiger partial charge in [0.1, 0.15) is 6.04 Å². The van der Waals surface area contributed by atoms with Gasteiger partial charge >= 0.3 is 5.97 Å². The zero-order chi connectivity index (χ0) is 15.5. The Kier molecular flexibility index (Phi) is 5.14. The Morgan fingerprint density at radius 1 is 1.45 bits per heavy atom. The van der Waals surface area contributed by atoms with Crippen molar-refractivity contribution in [1.29, 1.82) is 0 Å². The highest BCUT2D eigenvalue weighted by Gasteiger charge is 2.34. The lowest BCUT2D eigenvalue weighted by Crippen LogP contribution is -2.44. The van der Waals surface area contributed by atoms with Crippen molar-refractivity contribution in [1.82, 2.24) is 10.2 Å². The summed E-state index contributed by atoms with van der Waals surface area (Å²) >= 11 is 0. The van der Waals surface area contributed by atoms with Crippen LogP contribution in [0.2, 0.25) is 0 Å². The number of carbonyl (C=O) groups is 3. The van der Waals surface area contributed by atoms with Gasteiger partial charge in [0.2, 0.25) is 11.8 Å². The number of nitrogens with zero attached hydrogens (tertiary/aromatic N) is 1. The molecule has 0 aliphatic carbocycles. The molecule has 0 radical (unpaired) electrons. The topological polar surface area (TPSA) is 86.7 Å². The van der Waals surface area contributed by atoms with Gasteiger partial charge in [0.05, 0.1) is 5.92 Å². The fourth-order valence-electron chi connectivity index (χ4n) is 2.16. The summed E-state index contributed by atoms with van der Waals surface area (Å²) in [5.74, 6) is -1.89. The van der Waals surface area contributed by atoms with Crippen molar-refractivity contribution < 1.29 is 19.5 Å². The van der Waals surface area contributed by atoms with Crippen LogP contribution in [0, 0.1) is 11.3 Å². The Balaban J connectivity index is 2.56. The summed E-state index contributed by atoms with van der Waals surface area (Å²) in [5, 5.41) is 11.7. The quantitative estimate of drug-likeness (QED) is 0.784. The van der Waals surface area contributed by atoms with E-state index in [1.54, 1.807) is 7.05 Å². The summed E-state index contributed by atoms with van der Waals surface area (Å²) in [5.41, 5.74) is 0.0158. The van der Waals surface area contributed by atoms with E-state index in [4.69, 9.17) is 0 Å². The largest absolute Gasteiger partial charge is 0.480 e. The van der Waals surface area contributed by atoms with Crippen LogP contribution in [0.15, 0.2) is 0 Å². The lowest BCUT2D eigenvalue weighted by atomic mass is 9.88. The van der Waals surface area contributed by atoms with Gasteiger partial charge in [0.15, 0.2) is 0 Å². The maximum absolute atomic E-state index is 12.0. The van der Waals surface area contributed by atoms with Crippen molar-refractivity contribution in [2.24, 2.45) is 11.3 Å². The van der Waals surface area contributed by atoms with E-state index in [1.807, 2.05) is 20.8 Å². The highest BCUT2D eigenvalue weighted by molar-refractivity contribution is 5.91. The molecular formula is C14H24N2O4. The summed E-state index contributed by atoms with van der Waals surface area (Å²) in [7, 11) is 1.64. The Morgan fingerprint density at radius 3 is 2.45 bits per heavy atom. The number of hydrogen-bond acceptors (Lipinski definition) is 3. The molecule has 1 heterocycles. The molecule has 1 fully saturated rings. The number of nitrogens with one attached hydrogen (secondary N) is 1. The lowest BCUT2D eigenvalue weighted by Gasteiger charge is -2.22. The molecule has 0 spiro atoms. The summed E-state index contributed by atoms with van der Waals surface area (Å²) in [6.45, 7) is 6.44. The van der Waals surface area contributed by atoms with Crippen molar-refractivity contribution in [3.05, 3.63) is 0 Å². The van der Waals surface area contributed by atoms with Gasteiger partial charge in [-0.3, -0.25) is 9.59 Å². The van der Waals surface area contributed by atoms with Crippen LogP contribution in [0.5, 0.6) is 0 Å². The highest BCUT2D eigenvalue weighted by Crippen LogP contribution is 2.22. The van der Waals surface area contributed by atoms with Crippen LogP contribution in [0.3, 0.4) is 0 Å². The zero-order valence-electron chi connectivity index (χ0n) is 12.6. The summed E-state index contributed by atoms with van der Waals surface area (Å²) in [6, 6.07) is -0.886. The van der Waals surface area contributed by atoms with E-state index in [1.165, 1.54) is 4.90 Å². The summed E-state index contributed by atoms with van der Waals surface area (Å²) in [6.07, 6.45) is 1.25. The number of aliphatic carboxylic acids is 1. The highest BCUT2D eigenvalue weighted by atomic mass is 16.4. The first-order valence-electron chi connectivity index (χ1n) is 6.87. The van der Waals surface area contributed by atoms with E-state index in [0.29, 0.717) is 19.4 Å². The monoisotopic (exact) mass is 284 g/mol. The minimum absolute atomic E-state index is 0.0158. The molecule has 0 aromatic carbocycles. The smallest absolute Gasteiger partial charge is 0.326 e. The number of carbonyl (C=O) groups excluding carboxylic acids is 2. The van der Waals surface area contributed by atoms with E-state index in [0.717, 1.165) is 0 Å². The third-order valence-corrected chi connectivity index (χ3v) is 3.51. The zero-order valence-corrected chi connectivity index (χ0v) is 12.6. The second-order valence-electron chi connectivity index (χ2n) is 6.67. The predicted octanol–water partition coefficient (Wildman–Crippen LogP) is 0.860. The fraction of sp³-hybridized carbons (Fsp3) is 0.786. The Labute approximate surface area is 119 Å². The summed E-state index contributed by atoms with van der Waals surface area (Å²) in [4.78, 5) is 36.1. The van der Waals surface area contributed by atoms with Gasteiger partial charge in [-0.15, -0.1) is 0 Å². The number of amides is 2. The minimum Gasteiger partial charge on any atom is -0.480 e. The van der Waals surface area contributed by atoms with Crippen molar-refractivity contribution in [3.63, 3.8) is 0 Å². The molecular weight excluding hydrogens is 260 g/mol. The molecule has 2 amide bonds. The molecule has 1 aliphatic rings. The van der Waals surface area contributed by atoms with Crippen LogP contribution < -0.4 is 5.32 Å². The van der Waals surface area contributed by atoms with E-state index < -0.39 is 17.9 Å². The molecule has 0 aromatic heterocycles. The maximum atomic E-state index is 12.0. The van der Waals surface area contributed by atoms with Crippen LogP contribution in [-0.2, 0) is 14.4 Å². The fourth-order valence-corrected chi connectivity index (χ4v) is 2.16. The number of rotatable bonds is 5. The standard InChI is InChI=1S/C14H24N2O4/c1-14(2,3)6-5-10(13(19)20)15-12(18)9-7-11(17)16(4)8-9/h9-10H,5-8H2,1-4H3,(H,15,18)(H,19,20). The van der Waals surface area contributed by atoms with Gasteiger partial charge < -0.3 is 15.3 Å². The number of hydrogen-bond donors (Lipinski definition) is 2. The van der Waals surface area contributed by atoms with Gasteiger partial charge in [-0.2, -0.15) is 0 Å². The molecule has 1 saturated heterocycles. The van der Waals surface area contributed by atoms with Gasteiger partial charge in [-0.25, -0.2) is 4.79 Å².